The molecule has 0 N–H and O–H groups in total. The fourth-order valence-electron chi connectivity index (χ4n) is 1.07. The van der Waals surface area contributed by atoms with Crippen molar-refractivity contribution >= 4 is 49.5 Å². The van der Waals surface area contributed by atoms with Crippen LogP contribution in [0.5, 0.6) is 0 Å². The maximum absolute atomic E-state index is 10.5. The Morgan fingerprint density at radius 1 is 1.27 bits per heavy atom. The summed E-state index contributed by atoms with van der Waals surface area (Å²) in [6.45, 7) is 0. The van der Waals surface area contributed by atoms with Gasteiger partial charge in [0.05, 0.1) is 0 Å². The molecule has 0 saturated carbocycles. The van der Waals surface area contributed by atoms with E-state index in [4.69, 9.17) is 0 Å². The molecule has 2 aromatic rings. The van der Waals surface area contributed by atoms with Gasteiger partial charge in [0, 0.05) is 32.3 Å². The molecule has 2 aromatic heterocycles. The third-order valence-corrected chi connectivity index (χ3v) is 3.79. The minimum Gasteiger partial charge on any atom is -0.296 e. The van der Waals surface area contributed by atoms with Gasteiger partial charge in [-0.3, -0.25) is 9.78 Å². The second-order valence-corrected chi connectivity index (χ2v) is 5.24. The molecule has 0 aliphatic heterocycles. The van der Waals surface area contributed by atoms with Gasteiger partial charge < -0.3 is 0 Å². The highest BCUT2D eigenvalue weighted by Crippen LogP contribution is 2.35. The van der Waals surface area contributed by atoms with Gasteiger partial charge in [-0.25, -0.2) is 4.98 Å². The van der Waals surface area contributed by atoms with Crippen molar-refractivity contribution in [1.29, 1.82) is 0 Å². The van der Waals surface area contributed by atoms with Gasteiger partial charge in [-0.05, 0) is 31.9 Å². The molecule has 0 aliphatic rings. The maximum atomic E-state index is 10.5. The summed E-state index contributed by atoms with van der Waals surface area (Å²) < 4.78 is 1.70. The molecule has 2 heterocycles. The molecule has 0 aromatic carbocycles. The number of carbonyl (C=O) groups is 1. The van der Waals surface area contributed by atoms with E-state index < -0.39 is 0 Å². The lowest BCUT2D eigenvalue weighted by Crippen LogP contribution is -1.85. The minimum atomic E-state index is 0.450. The van der Waals surface area contributed by atoms with Crippen LogP contribution in [-0.4, -0.2) is 16.3 Å². The van der Waals surface area contributed by atoms with Gasteiger partial charge in [0.15, 0.2) is 6.29 Å². The van der Waals surface area contributed by atoms with Crippen molar-refractivity contribution in [3.8, 4) is 10.6 Å². The molecule has 0 unspecified atom stereocenters. The average molecular weight is 348 g/mol. The Morgan fingerprint density at radius 3 is 2.47 bits per heavy atom. The molecule has 15 heavy (non-hydrogen) atoms. The first-order valence-electron chi connectivity index (χ1n) is 3.92. The van der Waals surface area contributed by atoms with Crippen molar-refractivity contribution in [2.45, 2.75) is 0 Å². The zero-order valence-corrected chi connectivity index (χ0v) is 11.3. The zero-order valence-electron chi connectivity index (χ0n) is 7.28. The van der Waals surface area contributed by atoms with E-state index in [0.717, 1.165) is 25.8 Å². The van der Waals surface area contributed by atoms with Gasteiger partial charge in [-0.2, -0.15) is 0 Å². The molecule has 2 rings (SSSR count). The lowest BCUT2D eigenvalue weighted by molar-refractivity contribution is 0.111. The van der Waals surface area contributed by atoms with E-state index in [1.807, 2.05) is 0 Å². The van der Waals surface area contributed by atoms with Crippen LogP contribution < -0.4 is 0 Å². The first-order chi connectivity index (χ1) is 7.22. The summed E-state index contributed by atoms with van der Waals surface area (Å²) in [7, 11) is 0. The van der Waals surface area contributed by atoms with Crippen LogP contribution in [0.15, 0.2) is 26.7 Å². The standard InChI is InChI=1S/C9H4Br2N2OS/c10-6-1-12-2-7(11)8(6)9-13-5(3-14)4-15-9/h1-4H. The molecule has 0 saturated heterocycles. The van der Waals surface area contributed by atoms with E-state index in [-0.39, 0.29) is 0 Å². The lowest BCUT2D eigenvalue weighted by atomic mass is 10.3. The highest BCUT2D eigenvalue weighted by molar-refractivity contribution is 9.11. The summed E-state index contributed by atoms with van der Waals surface area (Å²) in [6.07, 6.45) is 4.13. The molecule has 76 valence electrons. The lowest BCUT2D eigenvalue weighted by Gasteiger charge is -2.01. The number of hydrogen-bond acceptors (Lipinski definition) is 4. The molecule has 0 spiro atoms. The Labute approximate surface area is 107 Å². The highest BCUT2D eigenvalue weighted by Gasteiger charge is 2.11. The zero-order chi connectivity index (χ0) is 10.8. The SMILES string of the molecule is O=Cc1csc(-c2c(Br)cncc2Br)n1. The second-order valence-electron chi connectivity index (χ2n) is 2.67. The Balaban J connectivity index is 2.58. The molecule has 3 nitrogen and oxygen atoms in total. The van der Waals surface area contributed by atoms with Gasteiger partial charge >= 0.3 is 0 Å². The summed E-state index contributed by atoms with van der Waals surface area (Å²) in [5.41, 5.74) is 1.37. The fourth-order valence-corrected chi connectivity index (χ4v) is 3.47. The molecular formula is C9H4Br2N2OS. The molecule has 0 amide bonds. The molecule has 0 bridgehead atoms. The predicted octanol–water partition coefficient (Wildman–Crippen LogP) is 3.54. The molecule has 0 aliphatic carbocycles. The third kappa shape index (κ3) is 2.16. The van der Waals surface area contributed by atoms with Gasteiger partial charge in [0.1, 0.15) is 10.7 Å². The highest BCUT2D eigenvalue weighted by atomic mass is 79.9. The Bertz CT molecular complexity index is 492. The number of carbonyl (C=O) groups excluding carboxylic acids is 1. The molecular weight excluding hydrogens is 344 g/mol. The number of aldehydes is 1. The number of hydrogen-bond donors (Lipinski definition) is 0. The molecule has 6 heteroatoms. The third-order valence-electron chi connectivity index (χ3n) is 1.71. The van der Waals surface area contributed by atoms with E-state index in [9.17, 15) is 4.79 Å². The van der Waals surface area contributed by atoms with Crippen LogP contribution in [0.4, 0.5) is 0 Å². The van der Waals surface area contributed by atoms with Crippen molar-refractivity contribution in [3.05, 3.63) is 32.4 Å². The molecule has 0 fully saturated rings. The quantitative estimate of drug-likeness (QED) is 0.780. The van der Waals surface area contributed by atoms with Crippen molar-refractivity contribution < 1.29 is 4.79 Å². The normalized spacial score (nSPS) is 10.3. The summed E-state index contributed by atoms with van der Waals surface area (Å²) in [5, 5.41) is 2.51. The van der Waals surface area contributed by atoms with Gasteiger partial charge in [0.2, 0.25) is 0 Å². The van der Waals surface area contributed by atoms with Crippen LogP contribution in [0.3, 0.4) is 0 Å². The van der Waals surface area contributed by atoms with Crippen LogP contribution in [0, 0.1) is 0 Å². The Kier molecular flexibility index (Phi) is 3.28. The average Bonchev–Trinajstić information content (AvgIpc) is 2.66. The van der Waals surface area contributed by atoms with Gasteiger partial charge in [-0.1, -0.05) is 0 Å². The second kappa shape index (κ2) is 4.51. The monoisotopic (exact) mass is 346 g/mol. The first-order valence-corrected chi connectivity index (χ1v) is 6.39. The Morgan fingerprint density at radius 2 is 1.93 bits per heavy atom. The topological polar surface area (TPSA) is 42.9 Å². The number of pyridine rings is 1. The van der Waals surface area contributed by atoms with Crippen LogP contribution in [-0.2, 0) is 0 Å². The number of rotatable bonds is 2. The van der Waals surface area contributed by atoms with Crippen molar-refractivity contribution in [3.63, 3.8) is 0 Å². The van der Waals surface area contributed by atoms with Crippen molar-refractivity contribution in [2.24, 2.45) is 0 Å². The smallest absolute Gasteiger partial charge is 0.169 e. The minimum absolute atomic E-state index is 0.450. The van der Waals surface area contributed by atoms with E-state index in [1.54, 1.807) is 17.8 Å². The van der Waals surface area contributed by atoms with Crippen LogP contribution >= 0.6 is 43.2 Å². The van der Waals surface area contributed by atoms with E-state index in [0.29, 0.717) is 5.69 Å². The molecule has 0 atom stereocenters. The van der Waals surface area contributed by atoms with E-state index >= 15 is 0 Å². The van der Waals surface area contributed by atoms with Gasteiger partial charge in [0.25, 0.3) is 0 Å². The summed E-state index contributed by atoms with van der Waals surface area (Å²) >= 11 is 8.23. The van der Waals surface area contributed by atoms with Gasteiger partial charge in [-0.15, -0.1) is 11.3 Å². The number of thiazole rings is 1. The number of aromatic nitrogens is 2. The Hall–Kier alpha value is -0.590. The fraction of sp³-hybridized carbons (Fsp3) is 0. The number of nitrogens with zero attached hydrogens (tertiary/aromatic N) is 2. The van der Waals surface area contributed by atoms with E-state index in [1.165, 1.54) is 11.3 Å². The predicted molar refractivity (Wildman–Crippen MR) is 66.1 cm³/mol. The van der Waals surface area contributed by atoms with E-state index in [2.05, 4.69) is 41.8 Å². The summed E-state index contributed by atoms with van der Waals surface area (Å²) in [4.78, 5) is 18.7. The maximum Gasteiger partial charge on any atom is 0.169 e. The largest absolute Gasteiger partial charge is 0.296 e. The molecule has 0 radical (unpaired) electrons. The summed E-state index contributed by atoms with van der Waals surface area (Å²) in [5.74, 6) is 0. The van der Waals surface area contributed by atoms with Crippen LogP contribution in [0.1, 0.15) is 10.5 Å². The summed E-state index contributed by atoms with van der Waals surface area (Å²) in [6, 6.07) is 0. The van der Waals surface area contributed by atoms with Crippen molar-refractivity contribution in [2.75, 3.05) is 0 Å². The first kappa shape index (κ1) is 10.9. The van der Waals surface area contributed by atoms with Crippen molar-refractivity contribution in [1.82, 2.24) is 9.97 Å². The van der Waals surface area contributed by atoms with Crippen LogP contribution in [0.25, 0.3) is 10.6 Å². The van der Waals surface area contributed by atoms with Crippen LogP contribution in [0.2, 0.25) is 0 Å². The number of halogens is 2.